The van der Waals surface area contributed by atoms with Gasteiger partial charge in [0.05, 0.1) is 24.3 Å². The molecule has 104 valence electrons. The zero-order valence-electron chi connectivity index (χ0n) is 11.5. The highest BCUT2D eigenvalue weighted by atomic mass is 35.5. The van der Waals surface area contributed by atoms with Crippen molar-refractivity contribution >= 4 is 22.5 Å². The van der Waals surface area contributed by atoms with E-state index < -0.39 is 0 Å². The van der Waals surface area contributed by atoms with Gasteiger partial charge in [-0.25, -0.2) is 0 Å². The second kappa shape index (κ2) is 5.51. The Morgan fingerprint density at radius 3 is 2.81 bits per heavy atom. The molecule has 3 rings (SSSR count). The summed E-state index contributed by atoms with van der Waals surface area (Å²) in [6.45, 7) is 0.654. The van der Waals surface area contributed by atoms with Gasteiger partial charge in [0.25, 0.3) is 0 Å². The average molecular weight is 297 g/mol. The Morgan fingerprint density at radius 2 is 2.10 bits per heavy atom. The van der Waals surface area contributed by atoms with Gasteiger partial charge in [0.2, 0.25) is 0 Å². The monoisotopic (exact) mass is 296 g/mol. The van der Waals surface area contributed by atoms with Gasteiger partial charge in [-0.1, -0.05) is 23.7 Å². The van der Waals surface area contributed by atoms with Gasteiger partial charge in [-0.05, 0) is 35.9 Å². The van der Waals surface area contributed by atoms with Crippen molar-refractivity contribution in [2.45, 2.75) is 6.54 Å². The molecule has 0 saturated heterocycles. The van der Waals surface area contributed by atoms with Gasteiger partial charge >= 0.3 is 0 Å². The molecular weight excluding hydrogens is 284 g/mol. The summed E-state index contributed by atoms with van der Waals surface area (Å²) in [6, 6.07) is 15.5. The highest BCUT2D eigenvalue weighted by Crippen LogP contribution is 2.28. The van der Waals surface area contributed by atoms with Gasteiger partial charge in [0.15, 0.2) is 0 Å². The summed E-state index contributed by atoms with van der Waals surface area (Å²) in [5.41, 5.74) is 2.65. The van der Waals surface area contributed by atoms with Crippen LogP contribution in [0, 0.1) is 11.3 Å². The summed E-state index contributed by atoms with van der Waals surface area (Å²) >= 11 is 6.25. The first-order valence-corrected chi connectivity index (χ1v) is 6.91. The van der Waals surface area contributed by atoms with Crippen molar-refractivity contribution < 1.29 is 4.74 Å². The summed E-state index contributed by atoms with van der Waals surface area (Å²) in [5.74, 6) is 0.858. The van der Waals surface area contributed by atoms with Crippen LogP contribution in [0.2, 0.25) is 5.02 Å². The molecule has 0 aliphatic rings. The number of hydrogen-bond acceptors (Lipinski definition) is 2. The number of nitrogens with zero attached hydrogens (tertiary/aromatic N) is 2. The van der Waals surface area contributed by atoms with Crippen molar-refractivity contribution in [1.29, 1.82) is 5.26 Å². The maximum Gasteiger partial charge on any atom is 0.128 e. The molecule has 0 N–H and O–H groups in total. The molecule has 0 amide bonds. The summed E-state index contributed by atoms with van der Waals surface area (Å²) in [4.78, 5) is 0. The van der Waals surface area contributed by atoms with E-state index in [2.05, 4.69) is 16.7 Å². The van der Waals surface area contributed by atoms with E-state index >= 15 is 0 Å². The molecule has 0 bridgehead atoms. The Balaban J connectivity index is 2.01. The first kappa shape index (κ1) is 13.5. The number of benzene rings is 2. The molecule has 4 heteroatoms. The molecule has 0 unspecified atom stereocenters. The lowest BCUT2D eigenvalue weighted by molar-refractivity contribution is 0.420. The van der Waals surface area contributed by atoms with Crippen LogP contribution in [0.15, 0.2) is 48.7 Å². The molecule has 0 saturated carbocycles. The Bertz CT molecular complexity index is 846. The topological polar surface area (TPSA) is 38.0 Å². The minimum atomic E-state index is 0.572. The Morgan fingerprint density at radius 1 is 1.24 bits per heavy atom. The minimum absolute atomic E-state index is 0.572. The van der Waals surface area contributed by atoms with Crippen molar-refractivity contribution in [3.05, 3.63) is 64.8 Å². The van der Waals surface area contributed by atoms with E-state index in [1.807, 2.05) is 30.5 Å². The first-order chi connectivity index (χ1) is 10.2. The van der Waals surface area contributed by atoms with Crippen molar-refractivity contribution in [3.8, 4) is 11.8 Å². The molecule has 0 spiro atoms. The van der Waals surface area contributed by atoms with Gasteiger partial charge in [0, 0.05) is 23.2 Å². The number of fused-ring (bicyclic) bond motifs is 1. The molecular formula is C17H13ClN2O. The minimum Gasteiger partial charge on any atom is -0.496 e. The normalized spacial score (nSPS) is 10.5. The van der Waals surface area contributed by atoms with Crippen LogP contribution in [0.25, 0.3) is 10.9 Å². The molecule has 21 heavy (non-hydrogen) atoms. The van der Waals surface area contributed by atoms with Crippen LogP contribution in [0.3, 0.4) is 0 Å². The number of rotatable bonds is 3. The molecule has 3 aromatic rings. The van der Waals surface area contributed by atoms with E-state index in [4.69, 9.17) is 21.6 Å². The Hall–Kier alpha value is -2.44. The Kier molecular flexibility index (Phi) is 3.55. The lowest BCUT2D eigenvalue weighted by Gasteiger charge is -2.09. The quantitative estimate of drug-likeness (QED) is 0.725. The fraction of sp³-hybridized carbons (Fsp3) is 0.118. The molecule has 0 aliphatic heterocycles. The van der Waals surface area contributed by atoms with Crippen molar-refractivity contribution in [2.75, 3.05) is 7.11 Å². The molecule has 1 aromatic heterocycles. The van der Waals surface area contributed by atoms with E-state index in [9.17, 15) is 0 Å². The number of ether oxygens (including phenoxy) is 1. The average Bonchev–Trinajstić information content (AvgIpc) is 2.92. The largest absolute Gasteiger partial charge is 0.496 e. The van der Waals surface area contributed by atoms with Crippen molar-refractivity contribution in [3.63, 3.8) is 0 Å². The molecule has 0 aliphatic carbocycles. The number of nitriles is 1. The standard InChI is InChI=1S/C17H13ClN2O/c1-21-17-4-2-3-16-14(17)7-8-20(16)11-13-6-5-12(10-19)9-15(13)18/h2-9H,11H2,1H3. The number of methoxy groups -OCH3 is 1. The smallest absolute Gasteiger partial charge is 0.128 e. The van der Waals surface area contributed by atoms with Crippen LogP contribution >= 0.6 is 11.6 Å². The SMILES string of the molecule is COc1cccc2c1ccn2Cc1ccc(C#N)cc1Cl. The van der Waals surface area contributed by atoms with Crippen LogP contribution in [-0.4, -0.2) is 11.7 Å². The number of aromatic nitrogens is 1. The van der Waals surface area contributed by atoms with Gasteiger partial charge in [-0.2, -0.15) is 5.26 Å². The van der Waals surface area contributed by atoms with E-state index in [0.29, 0.717) is 17.1 Å². The number of halogens is 1. The van der Waals surface area contributed by atoms with E-state index in [1.165, 1.54) is 0 Å². The zero-order valence-corrected chi connectivity index (χ0v) is 12.3. The summed E-state index contributed by atoms with van der Waals surface area (Å²) in [5, 5.41) is 10.6. The van der Waals surface area contributed by atoms with Gasteiger partial charge in [-0.3, -0.25) is 0 Å². The second-order valence-electron chi connectivity index (χ2n) is 4.75. The van der Waals surface area contributed by atoms with Gasteiger partial charge < -0.3 is 9.30 Å². The van der Waals surface area contributed by atoms with E-state index in [0.717, 1.165) is 22.2 Å². The highest BCUT2D eigenvalue weighted by Gasteiger charge is 2.08. The molecule has 0 fully saturated rings. The maximum absolute atomic E-state index is 8.88. The van der Waals surface area contributed by atoms with Crippen LogP contribution in [-0.2, 0) is 6.54 Å². The van der Waals surface area contributed by atoms with E-state index in [-0.39, 0.29) is 0 Å². The summed E-state index contributed by atoms with van der Waals surface area (Å²) in [6.07, 6.45) is 2.02. The number of hydrogen-bond donors (Lipinski definition) is 0. The van der Waals surface area contributed by atoms with Gasteiger partial charge in [-0.15, -0.1) is 0 Å². The third-order valence-electron chi connectivity index (χ3n) is 3.52. The van der Waals surface area contributed by atoms with Crippen LogP contribution in [0.4, 0.5) is 0 Å². The lowest BCUT2D eigenvalue weighted by atomic mass is 10.1. The Labute approximate surface area is 127 Å². The van der Waals surface area contributed by atoms with Crippen LogP contribution in [0.1, 0.15) is 11.1 Å². The molecule has 1 heterocycles. The zero-order chi connectivity index (χ0) is 14.8. The van der Waals surface area contributed by atoms with Crippen LogP contribution in [0.5, 0.6) is 5.75 Å². The fourth-order valence-corrected chi connectivity index (χ4v) is 2.68. The first-order valence-electron chi connectivity index (χ1n) is 6.53. The van der Waals surface area contributed by atoms with Crippen molar-refractivity contribution in [2.24, 2.45) is 0 Å². The second-order valence-corrected chi connectivity index (χ2v) is 5.16. The molecule has 2 aromatic carbocycles. The third-order valence-corrected chi connectivity index (χ3v) is 3.87. The van der Waals surface area contributed by atoms with Crippen LogP contribution < -0.4 is 4.74 Å². The van der Waals surface area contributed by atoms with Gasteiger partial charge in [0.1, 0.15) is 5.75 Å². The predicted molar refractivity (Wildman–Crippen MR) is 83.8 cm³/mol. The highest BCUT2D eigenvalue weighted by molar-refractivity contribution is 6.31. The molecule has 0 radical (unpaired) electrons. The lowest BCUT2D eigenvalue weighted by Crippen LogP contribution is -1.99. The summed E-state index contributed by atoms with van der Waals surface area (Å²) in [7, 11) is 1.67. The maximum atomic E-state index is 8.88. The fourth-order valence-electron chi connectivity index (χ4n) is 2.44. The summed E-state index contributed by atoms with van der Waals surface area (Å²) < 4.78 is 7.49. The van der Waals surface area contributed by atoms with Crippen molar-refractivity contribution in [1.82, 2.24) is 4.57 Å². The predicted octanol–water partition coefficient (Wildman–Crippen LogP) is 4.22. The molecule has 3 nitrogen and oxygen atoms in total. The molecule has 0 atom stereocenters. The third kappa shape index (κ3) is 2.46. The van der Waals surface area contributed by atoms with E-state index in [1.54, 1.807) is 19.2 Å².